The number of rotatable bonds is 5. The fraction of sp³-hybridized carbons (Fsp3) is 0.906. The fourth-order valence-electron chi connectivity index (χ4n) is 10.7. The number of ketones is 1. The minimum absolute atomic E-state index is 0.0821. The van der Waals surface area contributed by atoms with Crippen molar-refractivity contribution in [3.8, 4) is 0 Å². The lowest BCUT2D eigenvalue weighted by Crippen LogP contribution is -2.74. The summed E-state index contributed by atoms with van der Waals surface area (Å²) in [5, 5.41) is 47.7. The lowest BCUT2D eigenvalue weighted by Gasteiger charge is -2.72. The van der Waals surface area contributed by atoms with Gasteiger partial charge in [0, 0.05) is 5.92 Å². The zero-order valence-corrected chi connectivity index (χ0v) is 24.9. The summed E-state index contributed by atoms with van der Waals surface area (Å²) in [5.41, 5.74) is -4.63. The first-order valence-corrected chi connectivity index (χ1v) is 14.7. The van der Waals surface area contributed by atoms with Gasteiger partial charge in [0.25, 0.3) is 0 Å². The topological polar surface area (TPSA) is 98.0 Å². The predicted molar refractivity (Wildman–Crippen MR) is 147 cm³/mol. The van der Waals surface area contributed by atoms with Crippen LogP contribution in [0.15, 0.2) is 11.6 Å². The first kappa shape index (κ1) is 29.2. The van der Waals surface area contributed by atoms with Gasteiger partial charge in [-0.15, -0.1) is 0 Å². The molecule has 5 nitrogen and oxygen atoms in total. The van der Waals surface area contributed by atoms with E-state index in [-0.39, 0.29) is 34.1 Å². The van der Waals surface area contributed by atoms with Crippen molar-refractivity contribution in [3.05, 3.63) is 11.6 Å². The van der Waals surface area contributed by atoms with Crippen LogP contribution in [0.2, 0.25) is 0 Å². The summed E-state index contributed by atoms with van der Waals surface area (Å²) in [6.45, 7) is 18.5. The molecule has 5 heteroatoms. The molecular formula is C32H54O5. The molecule has 37 heavy (non-hydrogen) atoms. The number of aliphatic hydroxyl groups is 4. The summed E-state index contributed by atoms with van der Waals surface area (Å²) in [6, 6.07) is 0. The molecule has 4 saturated carbocycles. The molecule has 0 radical (unpaired) electrons. The Morgan fingerprint density at radius 1 is 0.919 bits per heavy atom. The smallest absolute Gasteiger partial charge is 0.161 e. The first-order valence-electron chi connectivity index (χ1n) is 14.7. The van der Waals surface area contributed by atoms with Gasteiger partial charge in [-0.2, -0.15) is 0 Å². The van der Waals surface area contributed by atoms with Crippen LogP contribution in [0.4, 0.5) is 0 Å². The monoisotopic (exact) mass is 518 g/mol. The van der Waals surface area contributed by atoms with Gasteiger partial charge in [0.1, 0.15) is 5.60 Å². The van der Waals surface area contributed by atoms with Crippen LogP contribution in [-0.2, 0) is 4.79 Å². The number of carbonyl (C=O) groups excluding carboxylic acids is 1. The van der Waals surface area contributed by atoms with Gasteiger partial charge in [0.05, 0.1) is 17.3 Å². The first-order chi connectivity index (χ1) is 16.7. The third-order valence-electron chi connectivity index (χ3n) is 13.2. The Hall–Kier alpha value is -0.750. The van der Waals surface area contributed by atoms with Crippen LogP contribution in [-0.4, -0.2) is 49.1 Å². The SMILES string of the molecule is CC(=O)[C@@]1(O)C[C@@H]2[C@@]3(C)CC[C@@H](O)C(C)(C)[C@@H]3CC[C@@]2(C)[C@]2(C)CC[C@](O)([C@@](C)(O)CCC=C(C)C)[C@@H]12. The number of hydrogen-bond acceptors (Lipinski definition) is 5. The number of fused-ring (bicyclic) bond motifs is 5. The minimum Gasteiger partial charge on any atom is -0.393 e. The number of aliphatic hydroxyl groups excluding tert-OH is 1. The molecule has 4 N–H and O–H groups in total. The molecule has 4 fully saturated rings. The second-order valence-electron chi connectivity index (χ2n) is 15.5. The number of Topliss-reactive ketones (excluding diaryl/α,β-unsaturated/α-hetero) is 1. The summed E-state index contributed by atoms with van der Waals surface area (Å²) in [7, 11) is 0. The zero-order valence-electron chi connectivity index (χ0n) is 24.9. The van der Waals surface area contributed by atoms with Gasteiger partial charge in [0.2, 0.25) is 0 Å². The Labute approximate surface area is 225 Å². The number of hydrogen-bond donors (Lipinski definition) is 4. The number of carbonyl (C=O) groups is 1. The Bertz CT molecular complexity index is 964. The van der Waals surface area contributed by atoms with Crippen LogP contribution in [0.25, 0.3) is 0 Å². The Kier molecular flexibility index (Phi) is 6.81. The Balaban J connectivity index is 1.84. The van der Waals surface area contributed by atoms with Crippen LogP contribution >= 0.6 is 0 Å². The highest BCUT2D eigenvalue weighted by Crippen LogP contribution is 2.78. The van der Waals surface area contributed by atoms with E-state index in [1.54, 1.807) is 6.92 Å². The van der Waals surface area contributed by atoms with Crippen LogP contribution < -0.4 is 0 Å². The molecule has 0 aromatic heterocycles. The average molecular weight is 519 g/mol. The van der Waals surface area contributed by atoms with Gasteiger partial charge in [-0.3, -0.25) is 4.79 Å². The largest absolute Gasteiger partial charge is 0.393 e. The van der Waals surface area contributed by atoms with Crippen LogP contribution in [0.1, 0.15) is 120 Å². The maximum absolute atomic E-state index is 13.5. The molecule has 0 saturated heterocycles. The lowest BCUT2D eigenvalue weighted by molar-refractivity contribution is -0.291. The van der Waals surface area contributed by atoms with E-state index in [1.807, 2.05) is 13.8 Å². The molecular weight excluding hydrogens is 464 g/mol. The molecule has 0 bridgehead atoms. The molecule has 0 aromatic rings. The molecule has 0 spiro atoms. The van der Waals surface area contributed by atoms with Crippen LogP contribution in [0.3, 0.4) is 0 Å². The second kappa shape index (κ2) is 8.62. The zero-order chi connectivity index (χ0) is 28.0. The van der Waals surface area contributed by atoms with Crippen molar-refractivity contribution in [2.45, 2.75) is 143 Å². The van der Waals surface area contributed by atoms with E-state index in [9.17, 15) is 25.2 Å². The molecule has 0 amide bonds. The highest BCUT2D eigenvalue weighted by Gasteiger charge is 2.78. The fourth-order valence-corrected chi connectivity index (χ4v) is 10.7. The molecule has 4 aliphatic rings. The van der Waals surface area contributed by atoms with Gasteiger partial charge in [-0.05, 0) is 119 Å². The van der Waals surface area contributed by atoms with E-state index in [0.717, 1.165) is 31.3 Å². The summed E-state index contributed by atoms with van der Waals surface area (Å²) >= 11 is 0. The lowest BCUT2D eigenvalue weighted by atomic mass is 9.33. The van der Waals surface area contributed by atoms with E-state index in [2.05, 4.69) is 40.7 Å². The summed E-state index contributed by atoms with van der Waals surface area (Å²) in [5.74, 6) is -0.661. The van der Waals surface area contributed by atoms with Gasteiger partial charge >= 0.3 is 0 Å². The highest BCUT2D eigenvalue weighted by atomic mass is 16.4. The highest BCUT2D eigenvalue weighted by molar-refractivity contribution is 5.86. The van der Waals surface area contributed by atoms with Gasteiger partial charge in [-0.1, -0.05) is 46.3 Å². The summed E-state index contributed by atoms with van der Waals surface area (Å²) in [6.07, 6.45) is 7.62. The molecule has 212 valence electrons. The van der Waals surface area contributed by atoms with E-state index in [1.165, 1.54) is 6.92 Å². The maximum atomic E-state index is 13.5. The summed E-state index contributed by atoms with van der Waals surface area (Å²) < 4.78 is 0. The average Bonchev–Trinajstić information content (AvgIpc) is 3.07. The molecule has 4 aliphatic carbocycles. The molecule has 0 heterocycles. The standard InChI is InChI=1S/C32H54O5/c1-20(2)11-10-14-30(9,35)32(37)18-17-29(8)25(32)31(36,21(3)33)19-23-27(6)15-13-24(34)26(4,5)22(27)12-16-28(23,29)7/h11,22-25,34-37H,10,12-19H2,1-9H3/t22-,23+,24+,25+,27-,28+,29+,30-,31-,32+/m0/s1. The second-order valence-corrected chi connectivity index (χ2v) is 15.5. The Morgan fingerprint density at radius 3 is 2.11 bits per heavy atom. The van der Waals surface area contributed by atoms with Crippen molar-refractivity contribution in [1.82, 2.24) is 0 Å². The third kappa shape index (κ3) is 3.73. The number of allylic oxidation sites excluding steroid dienone is 2. The summed E-state index contributed by atoms with van der Waals surface area (Å²) in [4.78, 5) is 13.5. The quantitative estimate of drug-likeness (QED) is 0.357. The van der Waals surface area contributed by atoms with Crippen molar-refractivity contribution in [3.63, 3.8) is 0 Å². The maximum Gasteiger partial charge on any atom is 0.161 e. The van der Waals surface area contributed by atoms with E-state index in [0.29, 0.717) is 38.0 Å². The van der Waals surface area contributed by atoms with Crippen LogP contribution in [0.5, 0.6) is 0 Å². The van der Waals surface area contributed by atoms with Crippen molar-refractivity contribution in [2.75, 3.05) is 0 Å². The molecule has 0 aromatic carbocycles. The minimum atomic E-state index is -1.71. The van der Waals surface area contributed by atoms with Gasteiger partial charge < -0.3 is 20.4 Å². The van der Waals surface area contributed by atoms with E-state index in [4.69, 9.17) is 0 Å². The van der Waals surface area contributed by atoms with Crippen LogP contribution in [0, 0.1) is 39.4 Å². The third-order valence-corrected chi connectivity index (χ3v) is 13.2. The van der Waals surface area contributed by atoms with Gasteiger partial charge in [-0.25, -0.2) is 0 Å². The van der Waals surface area contributed by atoms with Crippen molar-refractivity contribution >= 4 is 5.78 Å². The van der Waals surface area contributed by atoms with Crippen molar-refractivity contribution in [2.24, 2.45) is 39.4 Å². The molecule has 0 aliphatic heterocycles. The van der Waals surface area contributed by atoms with Crippen molar-refractivity contribution < 1.29 is 25.2 Å². The van der Waals surface area contributed by atoms with Gasteiger partial charge in [0.15, 0.2) is 5.78 Å². The Morgan fingerprint density at radius 2 is 1.54 bits per heavy atom. The van der Waals surface area contributed by atoms with E-state index < -0.39 is 28.1 Å². The normalized spacial score (nSPS) is 50.3. The molecule has 10 atom stereocenters. The van der Waals surface area contributed by atoms with E-state index >= 15 is 0 Å². The predicted octanol–water partition coefficient (Wildman–Crippen LogP) is 5.57. The molecule has 0 unspecified atom stereocenters. The molecule has 4 rings (SSSR count). The van der Waals surface area contributed by atoms with Crippen molar-refractivity contribution in [1.29, 1.82) is 0 Å².